The average molecular weight is 324 g/mol. The predicted molar refractivity (Wildman–Crippen MR) is 77.6 cm³/mol. The molecule has 0 bridgehead atoms. The summed E-state index contributed by atoms with van der Waals surface area (Å²) in [6.45, 7) is 1.02. The highest BCUT2D eigenvalue weighted by Gasteiger charge is 2.06. The largest absolute Gasteiger partial charge is 0.489 e. The zero-order chi connectivity index (χ0) is 13.7. The standard InChI is InChI=1S/C15H15BrFNO/c1-18-9-12-8-13(17)6-7-15(12)19-10-11-4-2-3-5-14(11)16/h2-8,18H,9-10H2,1H3. The van der Waals surface area contributed by atoms with Crippen molar-refractivity contribution in [1.82, 2.24) is 5.32 Å². The number of benzene rings is 2. The molecule has 2 nitrogen and oxygen atoms in total. The summed E-state index contributed by atoms with van der Waals surface area (Å²) in [5, 5.41) is 3.01. The van der Waals surface area contributed by atoms with Gasteiger partial charge in [0.2, 0.25) is 0 Å². The third kappa shape index (κ3) is 3.78. The van der Waals surface area contributed by atoms with Crippen molar-refractivity contribution < 1.29 is 9.13 Å². The predicted octanol–water partition coefficient (Wildman–Crippen LogP) is 3.89. The first-order chi connectivity index (χ1) is 9.20. The molecule has 0 aliphatic rings. The molecule has 0 fully saturated rings. The zero-order valence-electron chi connectivity index (χ0n) is 10.6. The summed E-state index contributed by atoms with van der Waals surface area (Å²) < 4.78 is 20.0. The summed E-state index contributed by atoms with van der Waals surface area (Å²) in [4.78, 5) is 0. The maximum Gasteiger partial charge on any atom is 0.124 e. The first-order valence-corrected chi connectivity index (χ1v) is 6.79. The van der Waals surface area contributed by atoms with Gasteiger partial charge in [0, 0.05) is 22.1 Å². The summed E-state index contributed by atoms with van der Waals surface area (Å²) >= 11 is 3.48. The number of hydrogen-bond acceptors (Lipinski definition) is 2. The monoisotopic (exact) mass is 323 g/mol. The van der Waals surface area contributed by atoms with Crippen LogP contribution in [-0.2, 0) is 13.2 Å². The van der Waals surface area contributed by atoms with Crippen LogP contribution in [0, 0.1) is 5.82 Å². The van der Waals surface area contributed by atoms with Crippen LogP contribution < -0.4 is 10.1 Å². The topological polar surface area (TPSA) is 21.3 Å². The van der Waals surface area contributed by atoms with Gasteiger partial charge in [0.25, 0.3) is 0 Å². The molecule has 1 N–H and O–H groups in total. The molecule has 0 heterocycles. The van der Waals surface area contributed by atoms with E-state index >= 15 is 0 Å². The summed E-state index contributed by atoms with van der Waals surface area (Å²) in [5.74, 6) is 0.449. The average Bonchev–Trinajstić information content (AvgIpc) is 2.40. The minimum atomic E-state index is -0.251. The Balaban J connectivity index is 2.13. The highest BCUT2D eigenvalue weighted by atomic mass is 79.9. The van der Waals surface area contributed by atoms with Crippen molar-refractivity contribution in [3.8, 4) is 5.75 Å². The molecule has 0 aliphatic carbocycles. The fourth-order valence-corrected chi connectivity index (χ4v) is 2.19. The Bertz CT molecular complexity index is 560. The maximum absolute atomic E-state index is 13.2. The van der Waals surface area contributed by atoms with E-state index in [9.17, 15) is 4.39 Å². The molecule has 0 spiro atoms. The van der Waals surface area contributed by atoms with Crippen LogP contribution >= 0.6 is 15.9 Å². The summed E-state index contributed by atoms with van der Waals surface area (Å²) in [5.41, 5.74) is 1.87. The minimum Gasteiger partial charge on any atom is -0.489 e. The lowest BCUT2D eigenvalue weighted by Crippen LogP contribution is -2.08. The highest BCUT2D eigenvalue weighted by molar-refractivity contribution is 9.10. The van der Waals surface area contributed by atoms with E-state index in [2.05, 4.69) is 21.2 Å². The molecule has 4 heteroatoms. The number of rotatable bonds is 5. The molecular formula is C15H15BrFNO. The van der Waals surface area contributed by atoms with Crippen LogP contribution in [0.4, 0.5) is 4.39 Å². The van der Waals surface area contributed by atoms with E-state index in [0.29, 0.717) is 18.9 Å². The first kappa shape index (κ1) is 14.0. The van der Waals surface area contributed by atoms with Gasteiger partial charge in [-0.05, 0) is 31.3 Å². The number of hydrogen-bond donors (Lipinski definition) is 1. The minimum absolute atomic E-state index is 0.251. The normalized spacial score (nSPS) is 10.5. The van der Waals surface area contributed by atoms with Crippen LogP contribution in [0.2, 0.25) is 0 Å². The Labute approximate surface area is 120 Å². The van der Waals surface area contributed by atoms with Crippen molar-refractivity contribution in [2.24, 2.45) is 0 Å². The van der Waals surface area contributed by atoms with Crippen molar-refractivity contribution in [3.05, 3.63) is 63.9 Å². The number of nitrogens with one attached hydrogen (secondary N) is 1. The molecule has 0 aromatic heterocycles. The van der Waals surface area contributed by atoms with Gasteiger partial charge >= 0.3 is 0 Å². The third-order valence-electron chi connectivity index (χ3n) is 2.73. The molecule has 2 aromatic carbocycles. The van der Waals surface area contributed by atoms with E-state index in [1.165, 1.54) is 12.1 Å². The summed E-state index contributed by atoms with van der Waals surface area (Å²) in [6, 6.07) is 12.4. The van der Waals surface area contributed by atoms with Gasteiger partial charge in [0.1, 0.15) is 18.2 Å². The highest BCUT2D eigenvalue weighted by Crippen LogP contribution is 2.23. The van der Waals surface area contributed by atoms with Gasteiger partial charge in [0.15, 0.2) is 0 Å². The van der Waals surface area contributed by atoms with Gasteiger partial charge in [0.05, 0.1) is 0 Å². The molecule has 0 saturated heterocycles. The van der Waals surface area contributed by atoms with E-state index in [-0.39, 0.29) is 5.82 Å². The van der Waals surface area contributed by atoms with Crippen LogP contribution in [0.25, 0.3) is 0 Å². The van der Waals surface area contributed by atoms with Crippen molar-refractivity contribution in [1.29, 1.82) is 0 Å². The fourth-order valence-electron chi connectivity index (χ4n) is 1.79. The summed E-state index contributed by atoms with van der Waals surface area (Å²) in [6.07, 6.45) is 0. The van der Waals surface area contributed by atoms with E-state index in [1.54, 1.807) is 6.07 Å². The van der Waals surface area contributed by atoms with Crippen LogP contribution in [0.15, 0.2) is 46.9 Å². The molecule has 0 radical (unpaired) electrons. The van der Waals surface area contributed by atoms with E-state index in [0.717, 1.165) is 15.6 Å². The van der Waals surface area contributed by atoms with E-state index in [1.807, 2.05) is 31.3 Å². The number of halogens is 2. The fraction of sp³-hybridized carbons (Fsp3) is 0.200. The second-order valence-corrected chi connectivity index (χ2v) is 5.02. The van der Waals surface area contributed by atoms with Crippen molar-refractivity contribution in [3.63, 3.8) is 0 Å². The van der Waals surface area contributed by atoms with Crippen molar-refractivity contribution in [2.75, 3.05) is 7.05 Å². The maximum atomic E-state index is 13.2. The van der Waals surface area contributed by atoms with Gasteiger partial charge in [-0.2, -0.15) is 0 Å². The second-order valence-electron chi connectivity index (χ2n) is 4.16. The molecular weight excluding hydrogens is 309 g/mol. The molecule has 0 atom stereocenters. The van der Waals surface area contributed by atoms with Gasteiger partial charge in [-0.1, -0.05) is 34.1 Å². The molecule has 2 aromatic rings. The van der Waals surface area contributed by atoms with Crippen LogP contribution in [0.1, 0.15) is 11.1 Å². The van der Waals surface area contributed by atoms with Crippen LogP contribution in [0.3, 0.4) is 0 Å². The van der Waals surface area contributed by atoms with E-state index in [4.69, 9.17) is 4.74 Å². The van der Waals surface area contributed by atoms with Crippen molar-refractivity contribution >= 4 is 15.9 Å². The van der Waals surface area contributed by atoms with Gasteiger partial charge in [-0.3, -0.25) is 0 Å². The van der Waals surface area contributed by atoms with Gasteiger partial charge < -0.3 is 10.1 Å². The quantitative estimate of drug-likeness (QED) is 0.901. The van der Waals surface area contributed by atoms with Gasteiger partial charge in [-0.15, -0.1) is 0 Å². The van der Waals surface area contributed by atoms with Crippen LogP contribution in [-0.4, -0.2) is 7.05 Å². The van der Waals surface area contributed by atoms with Crippen molar-refractivity contribution in [2.45, 2.75) is 13.2 Å². The van der Waals surface area contributed by atoms with Gasteiger partial charge in [-0.25, -0.2) is 4.39 Å². The Morgan fingerprint density at radius 1 is 1.16 bits per heavy atom. The molecule has 0 unspecified atom stereocenters. The zero-order valence-corrected chi connectivity index (χ0v) is 12.2. The number of ether oxygens (including phenoxy) is 1. The Morgan fingerprint density at radius 2 is 1.95 bits per heavy atom. The molecule has 2 rings (SSSR count). The Kier molecular flexibility index (Phi) is 4.93. The lowest BCUT2D eigenvalue weighted by atomic mass is 10.2. The third-order valence-corrected chi connectivity index (χ3v) is 3.50. The SMILES string of the molecule is CNCc1cc(F)ccc1OCc1ccccc1Br. The Morgan fingerprint density at radius 3 is 2.68 bits per heavy atom. The smallest absolute Gasteiger partial charge is 0.124 e. The first-order valence-electron chi connectivity index (χ1n) is 6.00. The molecule has 100 valence electrons. The Hall–Kier alpha value is -1.39. The molecule has 0 amide bonds. The lowest BCUT2D eigenvalue weighted by Gasteiger charge is -2.12. The van der Waals surface area contributed by atoms with Crippen LogP contribution in [0.5, 0.6) is 5.75 Å². The molecule has 19 heavy (non-hydrogen) atoms. The lowest BCUT2D eigenvalue weighted by molar-refractivity contribution is 0.301. The molecule has 0 aliphatic heterocycles. The second kappa shape index (κ2) is 6.68. The summed E-state index contributed by atoms with van der Waals surface area (Å²) in [7, 11) is 1.82. The molecule has 0 saturated carbocycles. The van der Waals surface area contributed by atoms with E-state index < -0.39 is 0 Å².